The van der Waals surface area contributed by atoms with Crippen molar-refractivity contribution in [2.75, 3.05) is 7.05 Å². The number of benzene rings is 3. The smallest absolute Gasteiger partial charge is 0.346 e. The topological polar surface area (TPSA) is 38.7 Å². The van der Waals surface area contributed by atoms with E-state index in [1.807, 2.05) is 12.1 Å². The normalized spacial score (nSPS) is 11.0. The summed E-state index contributed by atoms with van der Waals surface area (Å²) in [7, 11) is 1.68. The minimum absolute atomic E-state index is 0.0101. The maximum atomic E-state index is 14.5. The SMILES string of the molecule is CN=Cc1ccc(-c2ccc(OC(=O)c3ccc(C)cc3F)cc2F)cc1. The molecule has 0 unspecified atom stereocenters. The third kappa shape index (κ3) is 4.26. The lowest BCUT2D eigenvalue weighted by Crippen LogP contribution is -2.11. The number of esters is 1. The van der Waals surface area contributed by atoms with Gasteiger partial charge in [-0.3, -0.25) is 4.99 Å². The fourth-order valence-corrected chi connectivity index (χ4v) is 2.64. The maximum Gasteiger partial charge on any atom is 0.346 e. The van der Waals surface area contributed by atoms with Crippen molar-refractivity contribution in [2.45, 2.75) is 6.92 Å². The van der Waals surface area contributed by atoms with Gasteiger partial charge in [-0.1, -0.05) is 30.3 Å². The molecule has 5 heteroatoms. The lowest BCUT2D eigenvalue weighted by Gasteiger charge is -2.09. The summed E-state index contributed by atoms with van der Waals surface area (Å²) in [5.74, 6) is -2.08. The number of aliphatic imine (C=N–C) groups is 1. The van der Waals surface area contributed by atoms with Gasteiger partial charge in [0.25, 0.3) is 0 Å². The molecule has 0 aromatic heterocycles. The Balaban J connectivity index is 1.81. The fraction of sp³-hybridized carbons (Fsp3) is 0.0909. The van der Waals surface area contributed by atoms with E-state index in [0.717, 1.165) is 11.6 Å². The molecule has 3 aromatic rings. The molecule has 0 aliphatic rings. The monoisotopic (exact) mass is 365 g/mol. The van der Waals surface area contributed by atoms with Gasteiger partial charge < -0.3 is 4.74 Å². The molecule has 0 saturated heterocycles. The summed E-state index contributed by atoms with van der Waals surface area (Å²) in [4.78, 5) is 16.0. The second-order valence-electron chi connectivity index (χ2n) is 6.02. The molecule has 3 rings (SSSR count). The number of nitrogens with zero attached hydrogens (tertiary/aromatic N) is 1. The van der Waals surface area contributed by atoms with Gasteiger partial charge in [-0.05, 0) is 47.9 Å². The van der Waals surface area contributed by atoms with Crippen LogP contribution in [0.25, 0.3) is 11.1 Å². The van der Waals surface area contributed by atoms with E-state index in [4.69, 9.17) is 4.74 Å². The quantitative estimate of drug-likeness (QED) is 0.362. The van der Waals surface area contributed by atoms with Gasteiger partial charge in [0.15, 0.2) is 0 Å². The summed E-state index contributed by atoms with van der Waals surface area (Å²) in [6.45, 7) is 1.72. The predicted molar refractivity (Wildman–Crippen MR) is 101 cm³/mol. The zero-order valence-corrected chi connectivity index (χ0v) is 14.9. The van der Waals surface area contributed by atoms with Gasteiger partial charge in [-0.15, -0.1) is 0 Å². The van der Waals surface area contributed by atoms with Crippen molar-refractivity contribution in [1.82, 2.24) is 0 Å². The molecule has 0 aliphatic carbocycles. The van der Waals surface area contributed by atoms with E-state index >= 15 is 0 Å². The highest BCUT2D eigenvalue weighted by Gasteiger charge is 2.15. The van der Waals surface area contributed by atoms with Gasteiger partial charge in [0, 0.05) is 24.9 Å². The Morgan fingerprint density at radius 3 is 2.33 bits per heavy atom. The molecule has 0 bridgehead atoms. The summed E-state index contributed by atoms with van der Waals surface area (Å²) in [5, 5.41) is 0. The van der Waals surface area contributed by atoms with Crippen LogP contribution in [0.3, 0.4) is 0 Å². The fourth-order valence-electron chi connectivity index (χ4n) is 2.64. The number of carbonyl (C=O) groups excluding carboxylic acids is 1. The summed E-state index contributed by atoms with van der Waals surface area (Å²) < 4.78 is 33.5. The molecule has 0 saturated carbocycles. The molecule has 0 N–H and O–H groups in total. The summed E-state index contributed by atoms with van der Waals surface area (Å²) >= 11 is 0. The van der Waals surface area contributed by atoms with Crippen molar-refractivity contribution >= 4 is 12.2 Å². The predicted octanol–water partition coefficient (Wildman–Crippen LogP) is 5.21. The van der Waals surface area contributed by atoms with Gasteiger partial charge in [-0.2, -0.15) is 0 Å². The van der Waals surface area contributed by atoms with Gasteiger partial charge in [0.2, 0.25) is 0 Å². The summed E-state index contributed by atoms with van der Waals surface area (Å²) in [6, 6.07) is 15.5. The molecule has 0 heterocycles. The standard InChI is InChI=1S/C22H17F2NO2/c1-14-3-9-19(20(23)11-14)22(26)27-17-8-10-18(21(24)12-17)16-6-4-15(5-7-16)13-25-2/h3-13H,1-2H3. The van der Waals surface area contributed by atoms with Crippen LogP contribution in [0.5, 0.6) is 5.75 Å². The number of aryl methyl sites for hydroxylation is 1. The van der Waals surface area contributed by atoms with E-state index in [-0.39, 0.29) is 11.3 Å². The third-order valence-corrected chi connectivity index (χ3v) is 4.00. The van der Waals surface area contributed by atoms with Crippen molar-refractivity contribution < 1.29 is 18.3 Å². The van der Waals surface area contributed by atoms with Crippen molar-refractivity contribution in [3.8, 4) is 16.9 Å². The van der Waals surface area contributed by atoms with Crippen molar-refractivity contribution in [3.05, 3.63) is 89.0 Å². The van der Waals surface area contributed by atoms with Crippen LogP contribution in [0.4, 0.5) is 8.78 Å². The Bertz CT molecular complexity index is 1010. The van der Waals surface area contributed by atoms with Crippen LogP contribution in [-0.4, -0.2) is 19.2 Å². The average molecular weight is 365 g/mol. The van der Waals surface area contributed by atoms with Crippen molar-refractivity contribution in [2.24, 2.45) is 4.99 Å². The minimum Gasteiger partial charge on any atom is -0.423 e. The Hall–Kier alpha value is -3.34. The van der Waals surface area contributed by atoms with E-state index < -0.39 is 17.6 Å². The van der Waals surface area contributed by atoms with E-state index in [0.29, 0.717) is 16.7 Å². The van der Waals surface area contributed by atoms with Crippen LogP contribution in [0.2, 0.25) is 0 Å². The Morgan fingerprint density at radius 2 is 1.70 bits per heavy atom. The molecule has 3 nitrogen and oxygen atoms in total. The molecule has 27 heavy (non-hydrogen) atoms. The minimum atomic E-state index is -0.872. The number of carbonyl (C=O) groups is 1. The highest BCUT2D eigenvalue weighted by atomic mass is 19.1. The lowest BCUT2D eigenvalue weighted by atomic mass is 10.0. The molecule has 0 aliphatic heterocycles. The van der Waals surface area contributed by atoms with Crippen molar-refractivity contribution in [3.63, 3.8) is 0 Å². The molecule has 0 spiro atoms. The molecule has 0 fully saturated rings. The number of halogens is 2. The van der Waals surface area contributed by atoms with Crippen LogP contribution in [0.15, 0.2) is 65.7 Å². The Morgan fingerprint density at radius 1 is 0.963 bits per heavy atom. The first-order valence-electron chi connectivity index (χ1n) is 8.28. The molecular formula is C22H17F2NO2. The number of hydrogen-bond acceptors (Lipinski definition) is 3. The Kier molecular flexibility index (Phi) is 5.41. The van der Waals surface area contributed by atoms with Crippen LogP contribution >= 0.6 is 0 Å². The van der Waals surface area contributed by atoms with E-state index in [1.54, 1.807) is 38.4 Å². The zero-order valence-electron chi connectivity index (χ0n) is 14.9. The van der Waals surface area contributed by atoms with Gasteiger partial charge in [0.05, 0.1) is 5.56 Å². The maximum absolute atomic E-state index is 14.5. The molecule has 3 aromatic carbocycles. The number of ether oxygens (including phenoxy) is 1. The Labute approximate surface area is 156 Å². The largest absolute Gasteiger partial charge is 0.423 e. The first-order valence-corrected chi connectivity index (χ1v) is 8.28. The van der Waals surface area contributed by atoms with Crippen LogP contribution in [-0.2, 0) is 0 Å². The second-order valence-corrected chi connectivity index (χ2v) is 6.02. The first kappa shape index (κ1) is 18.5. The van der Waals surface area contributed by atoms with E-state index in [2.05, 4.69) is 4.99 Å². The molecule has 136 valence electrons. The van der Waals surface area contributed by atoms with E-state index in [9.17, 15) is 13.6 Å². The number of rotatable bonds is 4. The zero-order chi connectivity index (χ0) is 19.4. The van der Waals surface area contributed by atoms with E-state index in [1.165, 1.54) is 24.3 Å². The van der Waals surface area contributed by atoms with Crippen LogP contribution < -0.4 is 4.74 Å². The highest BCUT2D eigenvalue weighted by molar-refractivity contribution is 5.91. The van der Waals surface area contributed by atoms with Gasteiger partial charge in [0.1, 0.15) is 17.4 Å². The molecule has 0 atom stereocenters. The van der Waals surface area contributed by atoms with Crippen molar-refractivity contribution in [1.29, 1.82) is 0 Å². The third-order valence-electron chi connectivity index (χ3n) is 4.00. The summed E-state index contributed by atoms with van der Waals surface area (Å²) in [6.07, 6.45) is 1.70. The van der Waals surface area contributed by atoms with Crippen LogP contribution in [0.1, 0.15) is 21.5 Å². The average Bonchev–Trinajstić information content (AvgIpc) is 2.63. The second kappa shape index (κ2) is 7.91. The van der Waals surface area contributed by atoms with Gasteiger partial charge in [-0.25, -0.2) is 13.6 Å². The lowest BCUT2D eigenvalue weighted by molar-refractivity contribution is 0.0729. The molecule has 0 amide bonds. The highest BCUT2D eigenvalue weighted by Crippen LogP contribution is 2.27. The first-order chi connectivity index (χ1) is 13.0. The molecular weight excluding hydrogens is 348 g/mol. The number of hydrogen-bond donors (Lipinski definition) is 0. The molecule has 0 radical (unpaired) electrons. The van der Waals surface area contributed by atoms with Crippen LogP contribution in [0, 0.1) is 18.6 Å². The summed E-state index contributed by atoms with van der Waals surface area (Å²) in [5.41, 5.74) is 2.46. The van der Waals surface area contributed by atoms with Gasteiger partial charge >= 0.3 is 5.97 Å².